The SMILES string of the molecule is Cc1cc2ccsc2cc1-c1c2ccc(-c3cccnc3)cc2cc(C)[n+]1C. The van der Waals surface area contributed by atoms with Gasteiger partial charge in [0, 0.05) is 35.6 Å². The fourth-order valence-electron chi connectivity index (χ4n) is 3.99. The zero-order valence-corrected chi connectivity index (χ0v) is 17.0. The highest BCUT2D eigenvalue weighted by Gasteiger charge is 2.20. The summed E-state index contributed by atoms with van der Waals surface area (Å²) in [6, 6.07) is 20.0. The third kappa shape index (κ3) is 2.71. The number of fused-ring (bicyclic) bond motifs is 2. The van der Waals surface area contributed by atoms with Gasteiger partial charge in [-0.25, -0.2) is 0 Å². The number of aromatic nitrogens is 2. The van der Waals surface area contributed by atoms with Gasteiger partial charge in [0.25, 0.3) is 0 Å². The summed E-state index contributed by atoms with van der Waals surface area (Å²) in [6.07, 6.45) is 3.74. The predicted octanol–water partition coefficient (Wildman–Crippen LogP) is 6.22. The lowest BCUT2D eigenvalue weighted by Gasteiger charge is -2.11. The highest BCUT2D eigenvalue weighted by molar-refractivity contribution is 7.17. The Morgan fingerprint density at radius 3 is 2.61 bits per heavy atom. The maximum atomic E-state index is 4.27. The molecular formula is C25H21N2S+. The van der Waals surface area contributed by atoms with Crippen molar-refractivity contribution in [2.75, 3.05) is 0 Å². The van der Waals surface area contributed by atoms with Gasteiger partial charge in [0.05, 0.1) is 10.9 Å². The largest absolute Gasteiger partial charge is 0.264 e. The van der Waals surface area contributed by atoms with Gasteiger partial charge < -0.3 is 0 Å². The van der Waals surface area contributed by atoms with Crippen LogP contribution in [0.15, 0.2) is 72.4 Å². The lowest BCUT2D eigenvalue weighted by atomic mass is 9.96. The maximum Gasteiger partial charge on any atom is 0.220 e. The third-order valence-electron chi connectivity index (χ3n) is 5.58. The summed E-state index contributed by atoms with van der Waals surface area (Å²) in [5, 5.41) is 6.03. The van der Waals surface area contributed by atoms with Gasteiger partial charge in [-0.3, -0.25) is 4.98 Å². The average molecular weight is 382 g/mol. The second kappa shape index (κ2) is 6.54. The summed E-state index contributed by atoms with van der Waals surface area (Å²) < 4.78 is 3.65. The predicted molar refractivity (Wildman–Crippen MR) is 119 cm³/mol. The highest BCUT2D eigenvalue weighted by Crippen LogP contribution is 2.34. The van der Waals surface area contributed by atoms with Crippen molar-refractivity contribution in [2.45, 2.75) is 13.8 Å². The van der Waals surface area contributed by atoms with Gasteiger partial charge in [-0.15, -0.1) is 11.3 Å². The van der Waals surface area contributed by atoms with Gasteiger partial charge in [0.2, 0.25) is 5.69 Å². The Morgan fingerprint density at radius 2 is 1.79 bits per heavy atom. The van der Waals surface area contributed by atoms with E-state index in [0.717, 1.165) is 5.56 Å². The molecule has 2 nitrogen and oxygen atoms in total. The Bertz CT molecular complexity index is 1330. The van der Waals surface area contributed by atoms with Crippen molar-refractivity contribution in [3.8, 4) is 22.4 Å². The fourth-order valence-corrected chi connectivity index (χ4v) is 4.80. The minimum atomic E-state index is 1.15. The van der Waals surface area contributed by atoms with Crippen molar-refractivity contribution < 1.29 is 4.57 Å². The van der Waals surface area contributed by atoms with Crippen LogP contribution in [0.2, 0.25) is 0 Å². The number of hydrogen-bond donors (Lipinski definition) is 0. The third-order valence-corrected chi connectivity index (χ3v) is 6.46. The summed E-state index contributed by atoms with van der Waals surface area (Å²) >= 11 is 1.80. The van der Waals surface area contributed by atoms with Crippen LogP contribution in [0.25, 0.3) is 43.2 Å². The number of thiophene rings is 1. The molecule has 28 heavy (non-hydrogen) atoms. The molecule has 0 unspecified atom stereocenters. The molecule has 0 saturated heterocycles. The molecule has 136 valence electrons. The van der Waals surface area contributed by atoms with Crippen LogP contribution in [-0.2, 0) is 7.05 Å². The van der Waals surface area contributed by atoms with E-state index in [1.165, 1.54) is 48.9 Å². The van der Waals surface area contributed by atoms with Crippen molar-refractivity contribution in [2.24, 2.45) is 7.05 Å². The summed E-state index contributed by atoms with van der Waals surface area (Å²) in [6.45, 7) is 4.39. The lowest BCUT2D eigenvalue weighted by molar-refractivity contribution is -0.665. The molecule has 0 amide bonds. The van der Waals surface area contributed by atoms with Gasteiger partial charge in [-0.1, -0.05) is 12.1 Å². The van der Waals surface area contributed by atoms with Gasteiger partial charge in [-0.05, 0) is 70.6 Å². The molecule has 0 radical (unpaired) electrons. The molecule has 0 aliphatic rings. The summed E-state index contributed by atoms with van der Waals surface area (Å²) in [5.41, 5.74) is 7.49. The van der Waals surface area contributed by atoms with Crippen LogP contribution >= 0.6 is 11.3 Å². The molecule has 0 aliphatic heterocycles. The van der Waals surface area contributed by atoms with E-state index in [4.69, 9.17) is 0 Å². The van der Waals surface area contributed by atoms with Crippen molar-refractivity contribution >= 4 is 32.2 Å². The maximum absolute atomic E-state index is 4.27. The van der Waals surface area contributed by atoms with Gasteiger partial charge in [-0.2, -0.15) is 4.57 Å². The fraction of sp³-hybridized carbons (Fsp3) is 0.120. The van der Waals surface area contributed by atoms with Crippen LogP contribution < -0.4 is 4.57 Å². The summed E-state index contributed by atoms with van der Waals surface area (Å²) in [7, 11) is 2.16. The number of aryl methyl sites for hydroxylation is 2. The Hall–Kier alpha value is -3.04. The number of benzene rings is 2. The summed E-state index contributed by atoms with van der Waals surface area (Å²) in [4.78, 5) is 4.27. The molecule has 3 aromatic heterocycles. The normalized spacial score (nSPS) is 11.4. The van der Waals surface area contributed by atoms with Crippen molar-refractivity contribution in [3.63, 3.8) is 0 Å². The standard InChI is InChI=1S/C25H21N2S/c1-16-11-19-8-10-28-24(19)14-23(16)25-22-7-6-18(20-5-4-9-26-15-20)13-21(22)12-17(2)27(25)3/h4-15H,1-3H3/q+1. The molecule has 0 saturated carbocycles. The Balaban J connectivity index is 1.80. The van der Waals surface area contributed by atoms with Crippen molar-refractivity contribution in [1.29, 1.82) is 0 Å². The van der Waals surface area contributed by atoms with E-state index in [-0.39, 0.29) is 0 Å². The second-order valence-electron chi connectivity index (χ2n) is 7.36. The van der Waals surface area contributed by atoms with Gasteiger partial charge in [0.15, 0.2) is 5.69 Å². The topological polar surface area (TPSA) is 16.8 Å². The van der Waals surface area contributed by atoms with Crippen LogP contribution in [0.5, 0.6) is 0 Å². The van der Waals surface area contributed by atoms with E-state index >= 15 is 0 Å². The molecule has 0 bridgehead atoms. The van der Waals surface area contributed by atoms with E-state index in [1.54, 1.807) is 11.3 Å². The molecule has 3 heteroatoms. The lowest BCUT2D eigenvalue weighted by Crippen LogP contribution is -2.35. The molecule has 0 atom stereocenters. The molecule has 2 aromatic carbocycles. The van der Waals surface area contributed by atoms with E-state index in [9.17, 15) is 0 Å². The van der Waals surface area contributed by atoms with E-state index in [0.29, 0.717) is 0 Å². The van der Waals surface area contributed by atoms with Gasteiger partial charge in [0.1, 0.15) is 7.05 Å². The first-order valence-corrected chi connectivity index (χ1v) is 10.3. The van der Waals surface area contributed by atoms with E-state index in [2.05, 4.69) is 84.4 Å². The van der Waals surface area contributed by atoms with Crippen LogP contribution in [0, 0.1) is 13.8 Å². The molecular weight excluding hydrogens is 360 g/mol. The Kier molecular flexibility index (Phi) is 3.99. The molecule has 0 fully saturated rings. The molecule has 0 aliphatic carbocycles. The quantitative estimate of drug-likeness (QED) is 0.331. The first kappa shape index (κ1) is 17.1. The van der Waals surface area contributed by atoms with Crippen molar-refractivity contribution in [3.05, 3.63) is 83.6 Å². The number of nitrogens with zero attached hydrogens (tertiary/aromatic N) is 2. The minimum absolute atomic E-state index is 1.15. The average Bonchev–Trinajstić information content (AvgIpc) is 3.16. The monoisotopic (exact) mass is 381 g/mol. The second-order valence-corrected chi connectivity index (χ2v) is 8.31. The van der Waals surface area contributed by atoms with Crippen LogP contribution in [-0.4, -0.2) is 4.98 Å². The molecule has 0 spiro atoms. The van der Waals surface area contributed by atoms with Crippen LogP contribution in [0.3, 0.4) is 0 Å². The Labute approximate surface area is 168 Å². The van der Waals surface area contributed by atoms with Crippen LogP contribution in [0.1, 0.15) is 11.3 Å². The molecule has 0 N–H and O–H groups in total. The van der Waals surface area contributed by atoms with Crippen molar-refractivity contribution in [1.82, 2.24) is 4.98 Å². The number of rotatable bonds is 2. The first-order chi connectivity index (χ1) is 13.6. The molecule has 5 rings (SSSR count). The van der Waals surface area contributed by atoms with E-state index in [1.807, 2.05) is 18.5 Å². The zero-order chi connectivity index (χ0) is 19.3. The van der Waals surface area contributed by atoms with Gasteiger partial charge >= 0.3 is 0 Å². The van der Waals surface area contributed by atoms with Crippen LogP contribution in [0.4, 0.5) is 0 Å². The van der Waals surface area contributed by atoms with E-state index < -0.39 is 0 Å². The summed E-state index contributed by atoms with van der Waals surface area (Å²) in [5.74, 6) is 0. The first-order valence-electron chi connectivity index (χ1n) is 9.44. The zero-order valence-electron chi connectivity index (χ0n) is 16.2. The highest BCUT2D eigenvalue weighted by atomic mass is 32.1. The number of pyridine rings is 2. The minimum Gasteiger partial charge on any atom is -0.264 e. The smallest absolute Gasteiger partial charge is 0.220 e. The number of hydrogen-bond acceptors (Lipinski definition) is 2. The Morgan fingerprint density at radius 1 is 0.893 bits per heavy atom. The molecule has 3 heterocycles. The molecule has 5 aromatic rings.